The number of ether oxygens (including phenoxy) is 1. The number of aliphatic hydroxyl groups excluding tert-OH is 1. The van der Waals surface area contributed by atoms with Crippen LogP contribution in [0.1, 0.15) is 12.1 Å². The second-order valence-electron chi connectivity index (χ2n) is 3.47. The molecule has 0 aliphatic carbocycles. The first-order valence-electron chi connectivity index (χ1n) is 5.25. The van der Waals surface area contributed by atoms with Crippen LogP contribution in [0.3, 0.4) is 0 Å². The van der Waals surface area contributed by atoms with Gasteiger partial charge in [-0.15, -0.1) is 0 Å². The molecule has 2 heterocycles. The summed E-state index contributed by atoms with van der Waals surface area (Å²) in [7, 11) is 0. The second-order valence-corrected chi connectivity index (χ2v) is 3.47. The SMILES string of the molecule is NCc1cn2cccc(OCCCO)c2n1. The molecule has 16 heavy (non-hydrogen) atoms. The van der Waals surface area contributed by atoms with Gasteiger partial charge in [0.1, 0.15) is 0 Å². The first-order chi connectivity index (χ1) is 7.85. The molecule has 0 spiro atoms. The maximum absolute atomic E-state index is 8.68. The van der Waals surface area contributed by atoms with Gasteiger partial charge in [-0.1, -0.05) is 0 Å². The Morgan fingerprint density at radius 1 is 1.50 bits per heavy atom. The number of hydrogen-bond acceptors (Lipinski definition) is 4. The van der Waals surface area contributed by atoms with Crippen LogP contribution in [0.5, 0.6) is 5.75 Å². The van der Waals surface area contributed by atoms with E-state index in [2.05, 4.69) is 4.98 Å². The lowest BCUT2D eigenvalue weighted by atomic mass is 10.4. The second kappa shape index (κ2) is 4.96. The third-order valence-electron chi connectivity index (χ3n) is 2.27. The van der Waals surface area contributed by atoms with Crippen molar-refractivity contribution < 1.29 is 9.84 Å². The minimum absolute atomic E-state index is 0.131. The maximum atomic E-state index is 8.68. The van der Waals surface area contributed by atoms with Gasteiger partial charge < -0.3 is 20.0 Å². The molecule has 5 heteroatoms. The number of hydrogen-bond donors (Lipinski definition) is 2. The molecule has 5 nitrogen and oxygen atoms in total. The van der Waals surface area contributed by atoms with Crippen molar-refractivity contribution in [2.24, 2.45) is 5.73 Å². The number of aromatic nitrogens is 2. The largest absolute Gasteiger partial charge is 0.490 e. The first kappa shape index (κ1) is 10.9. The van der Waals surface area contributed by atoms with Gasteiger partial charge in [-0.25, -0.2) is 4.98 Å². The standard InChI is InChI=1S/C11H15N3O2/c12-7-9-8-14-4-1-3-10(11(14)13-9)16-6-2-5-15/h1,3-4,8,15H,2,5-7,12H2. The van der Waals surface area contributed by atoms with Crippen LogP contribution in [-0.4, -0.2) is 27.7 Å². The molecular formula is C11H15N3O2. The van der Waals surface area contributed by atoms with Crippen molar-refractivity contribution in [3.05, 3.63) is 30.2 Å². The highest BCUT2D eigenvalue weighted by Crippen LogP contribution is 2.18. The van der Waals surface area contributed by atoms with Crippen LogP contribution in [-0.2, 0) is 6.54 Å². The lowest BCUT2D eigenvalue weighted by Gasteiger charge is -2.05. The van der Waals surface area contributed by atoms with E-state index in [1.54, 1.807) is 0 Å². The summed E-state index contributed by atoms with van der Waals surface area (Å²) in [5, 5.41) is 8.68. The molecule has 0 radical (unpaired) electrons. The van der Waals surface area contributed by atoms with E-state index in [1.807, 2.05) is 28.9 Å². The Morgan fingerprint density at radius 3 is 3.12 bits per heavy atom. The fourth-order valence-corrected chi connectivity index (χ4v) is 1.50. The van der Waals surface area contributed by atoms with Gasteiger partial charge >= 0.3 is 0 Å². The summed E-state index contributed by atoms with van der Waals surface area (Å²) in [5.41, 5.74) is 7.13. The van der Waals surface area contributed by atoms with E-state index in [4.69, 9.17) is 15.6 Å². The van der Waals surface area contributed by atoms with E-state index in [0.717, 1.165) is 17.1 Å². The molecule has 2 rings (SSSR count). The zero-order valence-electron chi connectivity index (χ0n) is 8.97. The Balaban J connectivity index is 2.26. The predicted octanol–water partition coefficient (Wildman–Crippen LogP) is 0.554. The van der Waals surface area contributed by atoms with Gasteiger partial charge in [0.05, 0.1) is 12.3 Å². The van der Waals surface area contributed by atoms with Crippen LogP contribution in [0.4, 0.5) is 0 Å². The maximum Gasteiger partial charge on any atom is 0.179 e. The average Bonchev–Trinajstić information content (AvgIpc) is 2.73. The van der Waals surface area contributed by atoms with Crippen molar-refractivity contribution in [1.82, 2.24) is 9.38 Å². The fraction of sp³-hybridized carbons (Fsp3) is 0.364. The summed E-state index contributed by atoms with van der Waals surface area (Å²) in [4.78, 5) is 4.36. The van der Waals surface area contributed by atoms with Crippen molar-refractivity contribution in [3.8, 4) is 5.75 Å². The number of rotatable bonds is 5. The van der Waals surface area contributed by atoms with Crippen LogP contribution >= 0.6 is 0 Å². The Morgan fingerprint density at radius 2 is 2.38 bits per heavy atom. The van der Waals surface area contributed by atoms with Gasteiger partial charge in [-0.05, 0) is 12.1 Å². The zero-order chi connectivity index (χ0) is 11.4. The number of pyridine rings is 1. The first-order valence-corrected chi connectivity index (χ1v) is 5.25. The molecule has 3 N–H and O–H groups in total. The van der Waals surface area contributed by atoms with Crippen molar-refractivity contribution in [1.29, 1.82) is 0 Å². The quantitative estimate of drug-likeness (QED) is 0.723. The van der Waals surface area contributed by atoms with Crippen LogP contribution < -0.4 is 10.5 Å². The molecule has 0 fully saturated rings. The number of fused-ring (bicyclic) bond motifs is 1. The monoisotopic (exact) mass is 221 g/mol. The van der Waals surface area contributed by atoms with Crippen molar-refractivity contribution >= 4 is 5.65 Å². The highest BCUT2D eigenvalue weighted by Gasteiger charge is 2.05. The number of nitrogens with two attached hydrogens (primary N) is 1. The summed E-state index contributed by atoms with van der Waals surface area (Å²) in [6, 6.07) is 3.75. The van der Waals surface area contributed by atoms with Gasteiger partial charge in [0, 0.05) is 32.0 Å². The fourth-order valence-electron chi connectivity index (χ4n) is 1.50. The Kier molecular flexibility index (Phi) is 3.38. The molecule has 0 aliphatic rings. The summed E-state index contributed by atoms with van der Waals surface area (Å²) in [5.74, 6) is 0.718. The van der Waals surface area contributed by atoms with E-state index in [-0.39, 0.29) is 6.61 Å². The molecule has 0 aliphatic heterocycles. The predicted molar refractivity (Wildman–Crippen MR) is 60.3 cm³/mol. The van der Waals surface area contributed by atoms with E-state index in [1.165, 1.54) is 0 Å². The summed E-state index contributed by atoms with van der Waals surface area (Å²) in [6.07, 6.45) is 4.40. The van der Waals surface area contributed by atoms with E-state index in [9.17, 15) is 0 Å². The molecule has 2 aromatic heterocycles. The lowest BCUT2D eigenvalue weighted by molar-refractivity contribution is 0.234. The molecule has 0 atom stereocenters. The summed E-state index contributed by atoms with van der Waals surface area (Å²) < 4.78 is 7.42. The molecule has 0 saturated heterocycles. The highest BCUT2D eigenvalue weighted by atomic mass is 16.5. The van der Waals surface area contributed by atoms with Crippen LogP contribution in [0, 0.1) is 0 Å². The van der Waals surface area contributed by atoms with E-state index < -0.39 is 0 Å². The van der Waals surface area contributed by atoms with E-state index in [0.29, 0.717) is 19.6 Å². The summed E-state index contributed by atoms with van der Waals surface area (Å²) in [6.45, 7) is 1.03. The molecule has 0 aromatic carbocycles. The Bertz CT molecular complexity index is 467. The third-order valence-corrected chi connectivity index (χ3v) is 2.27. The average molecular weight is 221 g/mol. The highest BCUT2D eigenvalue weighted by molar-refractivity contribution is 5.54. The Labute approximate surface area is 93.5 Å². The Hall–Kier alpha value is -1.59. The molecule has 0 amide bonds. The number of aliphatic hydroxyl groups is 1. The smallest absolute Gasteiger partial charge is 0.179 e. The molecular weight excluding hydrogens is 206 g/mol. The van der Waals surface area contributed by atoms with E-state index >= 15 is 0 Å². The van der Waals surface area contributed by atoms with Crippen molar-refractivity contribution in [3.63, 3.8) is 0 Å². The van der Waals surface area contributed by atoms with Crippen LogP contribution in [0.2, 0.25) is 0 Å². The van der Waals surface area contributed by atoms with Gasteiger partial charge in [-0.3, -0.25) is 0 Å². The third kappa shape index (κ3) is 2.15. The van der Waals surface area contributed by atoms with Gasteiger partial charge in [0.25, 0.3) is 0 Å². The normalized spacial score (nSPS) is 10.9. The van der Waals surface area contributed by atoms with Crippen molar-refractivity contribution in [2.45, 2.75) is 13.0 Å². The molecule has 0 unspecified atom stereocenters. The molecule has 2 aromatic rings. The van der Waals surface area contributed by atoms with Gasteiger partial charge in [-0.2, -0.15) is 0 Å². The van der Waals surface area contributed by atoms with Gasteiger partial charge in [0.15, 0.2) is 11.4 Å². The lowest BCUT2D eigenvalue weighted by Crippen LogP contribution is -2.01. The number of imidazole rings is 1. The van der Waals surface area contributed by atoms with Crippen LogP contribution in [0.25, 0.3) is 5.65 Å². The summed E-state index contributed by atoms with van der Waals surface area (Å²) >= 11 is 0. The van der Waals surface area contributed by atoms with Crippen LogP contribution in [0.15, 0.2) is 24.5 Å². The zero-order valence-corrected chi connectivity index (χ0v) is 8.97. The molecule has 0 bridgehead atoms. The number of nitrogens with zero attached hydrogens (tertiary/aromatic N) is 2. The minimum atomic E-state index is 0.131. The van der Waals surface area contributed by atoms with Gasteiger partial charge in [0.2, 0.25) is 0 Å². The van der Waals surface area contributed by atoms with Crippen molar-refractivity contribution in [2.75, 3.05) is 13.2 Å². The topological polar surface area (TPSA) is 72.8 Å². The molecule has 86 valence electrons. The minimum Gasteiger partial charge on any atom is -0.490 e. The molecule has 0 saturated carbocycles.